The first-order chi connectivity index (χ1) is 18.0. The molecular formula is C26H26FN5O5. The van der Waals surface area contributed by atoms with Crippen molar-refractivity contribution in [2.75, 3.05) is 50.2 Å². The lowest BCUT2D eigenvalue weighted by Crippen LogP contribution is -2.60. The van der Waals surface area contributed by atoms with Gasteiger partial charge in [0.1, 0.15) is 23.9 Å². The maximum absolute atomic E-state index is 14.6. The molecule has 3 aliphatic rings. The number of benzene rings is 2. The number of rotatable bonds is 7. The predicted octanol–water partition coefficient (Wildman–Crippen LogP) is 2.51. The van der Waals surface area contributed by atoms with E-state index in [1.807, 2.05) is 12.1 Å². The number of hydrogen-bond acceptors (Lipinski definition) is 8. The lowest BCUT2D eigenvalue weighted by molar-refractivity contribution is -0.118. The number of ether oxygens (including phenoxy) is 3. The Balaban J connectivity index is 1.08. The molecule has 11 heteroatoms. The Morgan fingerprint density at radius 2 is 2.05 bits per heavy atom. The van der Waals surface area contributed by atoms with Gasteiger partial charge in [-0.05, 0) is 36.4 Å². The van der Waals surface area contributed by atoms with Crippen LogP contribution in [0.4, 0.5) is 20.6 Å². The molecule has 0 unspecified atom stereocenters. The van der Waals surface area contributed by atoms with Crippen LogP contribution in [-0.2, 0) is 16.1 Å². The zero-order valence-electron chi connectivity index (χ0n) is 20.2. The van der Waals surface area contributed by atoms with Crippen LogP contribution in [0.5, 0.6) is 11.5 Å². The van der Waals surface area contributed by atoms with Crippen LogP contribution in [-0.4, -0.2) is 73.9 Å². The van der Waals surface area contributed by atoms with Gasteiger partial charge in [-0.15, -0.1) is 0 Å². The Hall–Kier alpha value is -3.96. The molecule has 6 rings (SSSR count). The second-order valence-corrected chi connectivity index (χ2v) is 9.38. The van der Waals surface area contributed by atoms with Crippen LogP contribution < -0.4 is 25.0 Å². The van der Waals surface area contributed by atoms with E-state index in [0.717, 1.165) is 18.5 Å². The highest BCUT2D eigenvalue weighted by Crippen LogP contribution is 2.34. The number of hydrogen-bond donors (Lipinski definition) is 2. The number of amides is 2. The van der Waals surface area contributed by atoms with Gasteiger partial charge in [0.25, 0.3) is 5.91 Å². The van der Waals surface area contributed by atoms with Crippen LogP contribution in [0.25, 0.3) is 10.9 Å². The summed E-state index contributed by atoms with van der Waals surface area (Å²) in [6, 6.07) is 10.7. The molecule has 0 spiro atoms. The van der Waals surface area contributed by atoms with Gasteiger partial charge in [0, 0.05) is 48.9 Å². The summed E-state index contributed by atoms with van der Waals surface area (Å²) in [5.41, 5.74) is 2.46. The largest absolute Gasteiger partial charge is 0.497 e. The normalized spacial score (nSPS) is 19.7. The van der Waals surface area contributed by atoms with Gasteiger partial charge in [-0.2, -0.15) is 0 Å². The molecule has 0 saturated carbocycles. The minimum Gasteiger partial charge on any atom is -0.497 e. The molecule has 3 aromatic rings. The average molecular weight is 508 g/mol. The standard InChI is InChI=1S/C26H26FN5O5/c1-35-18-3-4-22-19(7-18)20(21(27)9-29-22)8-28-15-10-31(11-15)12-17-13-37-26(34)32(17)16-2-5-24-23(6-16)30-25(33)14-36-24/h2-7,9,15,17,28H,8,10-14H2,1H3,(H,30,33)/t17-/m0/s1. The number of carbonyl (C=O) groups is 2. The first kappa shape index (κ1) is 23.4. The third-order valence-corrected chi connectivity index (χ3v) is 6.96. The number of nitrogens with one attached hydrogen (secondary N) is 2. The Morgan fingerprint density at radius 1 is 1.19 bits per heavy atom. The number of likely N-dealkylation sites (tertiary alicyclic amines) is 1. The summed E-state index contributed by atoms with van der Waals surface area (Å²) in [5, 5.41) is 6.94. The smallest absolute Gasteiger partial charge is 0.414 e. The molecule has 10 nitrogen and oxygen atoms in total. The summed E-state index contributed by atoms with van der Waals surface area (Å²) in [6.45, 7) is 2.79. The van der Waals surface area contributed by atoms with Gasteiger partial charge in [-0.1, -0.05) is 0 Å². The van der Waals surface area contributed by atoms with Crippen molar-refractivity contribution in [2.45, 2.75) is 18.6 Å². The Morgan fingerprint density at radius 3 is 2.89 bits per heavy atom. The van der Waals surface area contributed by atoms with Crippen molar-refractivity contribution < 1.29 is 28.2 Å². The van der Waals surface area contributed by atoms with E-state index in [9.17, 15) is 14.0 Å². The van der Waals surface area contributed by atoms with Gasteiger partial charge in [-0.25, -0.2) is 9.18 Å². The highest BCUT2D eigenvalue weighted by Gasteiger charge is 2.38. The number of aromatic nitrogens is 1. The number of methoxy groups -OCH3 is 1. The summed E-state index contributed by atoms with van der Waals surface area (Å²) in [7, 11) is 1.58. The van der Waals surface area contributed by atoms with Crippen molar-refractivity contribution in [3.05, 3.63) is 54.0 Å². The van der Waals surface area contributed by atoms with Gasteiger partial charge >= 0.3 is 6.09 Å². The van der Waals surface area contributed by atoms with Crippen molar-refractivity contribution in [3.8, 4) is 11.5 Å². The number of pyridine rings is 1. The van der Waals surface area contributed by atoms with Crippen molar-refractivity contribution in [1.29, 1.82) is 0 Å². The van der Waals surface area contributed by atoms with Gasteiger partial charge < -0.3 is 24.8 Å². The Bertz CT molecular complexity index is 1380. The highest BCUT2D eigenvalue weighted by molar-refractivity contribution is 5.97. The zero-order valence-corrected chi connectivity index (χ0v) is 20.2. The van der Waals surface area contributed by atoms with Gasteiger partial charge in [0.15, 0.2) is 6.61 Å². The van der Waals surface area contributed by atoms with Crippen molar-refractivity contribution in [1.82, 2.24) is 15.2 Å². The van der Waals surface area contributed by atoms with E-state index < -0.39 is 6.09 Å². The summed E-state index contributed by atoms with van der Waals surface area (Å²) in [4.78, 5) is 32.2. The van der Waals surface area contributed by atoms with E-state index in [1.165, 1.54) is 6.20 Å². The molecule has 1 atom stereocenters. The predicted molar refractivity (Wildman–Crippen MR) is 134 cm³/mol. The topological polar surface area (TPSA) is 105 Å². The molecule has 0 radical (unpaired) electrons. The Kier molecular flexibility index (Phi) is 6.01. The second kappa shape index (κ2) is 9.49. The van der Waals surface area contributed by atoms with E-state index in [-0.39, 0.29) is 37.0 Å². The third kappa shape index (κ3) is 4.51. The first-order valence-corrected chi connectivity index (χ1v) is 12.1. The monoisotopic (exact) mass is 507 g/mol. The maximum Gasteiger partial charge on any atom is 0.414 e. The number of nitrogens with zero attached hydrogens (tertiary/aromatic N) is 3. The van der Waals surface area contributed by atoms with E-state index >= 15 is 0 Å². The maximum atomic E-state index is 14.6. The molecule has 3 aliphatic heterocycles. The quantitative estimate of drug-likeness (QED) is 0.503. The van der Waals surface area contributed by atoms with Crippen molar-refractivity contribution in [3.63, 3.8) is 0 Å². The fourth-order valence-electron chi connectivity index (χ4n) is 5.03. The third-order valence-electron chi connectivity index (χ3n) is 6.96. The first-order valence-electron chi connectivity index (χ1n) is 12.1. The lowest BCUT2D eigenvalue weighted by atomic mass is 10.0. The molecule has 192 valence electrons. The van der Waals surface area contributed by atoms with Gasteiger partial charge in [-0.3, -0.25) is 19.6 Å². The minimum absolute atomic E-state index is 0.0247. The second-order valence-electron chi connectivity index (χ2n) is 9.38. The molecule has 4 heterocycles. The fraction of sp³-hybridized carbons (Fsp3) is 0.346. The van der Waals surface area contributed by atoms with Crippen LogP contribution in [0, 0.1) is 5.82 Å². The highest BCUT2D eigenvalue weighted by atomic mass is 19.1. The molecule has 2 saturated heterocycles. The molecule has 1 aromatic heterocycles. The summed E-state index contributed by atoms with van der Waals surface area (Å²) in [6.07, 6.45) is 0.835. The number of cyclic esters (lactones) is 1. The minimum atomic E-state index is -0.418. The van der Waals surface area contributed by atoms with Gasteiger partial charge in [0.05, 0.1) is 30.6 Å². The zero-order chi connectivity index (χ0) is 25.5. The number of fused-ring (bicyclic) bond motifs is 2. The molecule has 2 aromatic carbocycles. The van der Waals surface area contributed by atoms with Crippen LogP contribution in [0.15, 0.2) is 42.6 Å². The van der Waals surface area contributed by atoms with Gasteiger partial charge in [0.2, 0.25) is 0 Å². The molecule has 2 amide bonds. The van der Waals surface area contributed by atoms with E-state index in [0.29, 0.717) is 47.0 Å². The van der Waals surface area contributed by atoms with E-state index in [4.69, 9.17) is 14.2 Å². The van der Waals surface area contributed by atoms with Crippen LogP contribution >= 0.6 is 0 Å². The van der Waals surface area contributed by atoms with E-state index in [2.05, 4.69) is 20.5 Å². The van der Waals surface area contributed by atoms with Crippen LogP contribution in [0.2, 0.25) is 0 Å². The average Bonchev–Trinajstić information content (AvgIpc) is 3.25. The molecule has 2 N–H and O–H groups in total. The van der Waals surface area contributed by atoms with Crippen LogP contribution in [0.1, 0.15) is 5.56 Å². The fourth-order valence-corrected chi connectivity index (χ4v) is 5.03. The SMILES string of the molecule is COc1ccc2ncc(F)c(CNC3CN(C[C@H]4COC(=O)N4c4ccc5c(c4)NC(=O)CO5)C3)c2c1. The summed E-state index contributed by atoms with van der Waals surface area (Å²) >= 11 is 0. The molecule has 0 aliphatic carbocycles. The van der Waals surface area contributed by atoms with E-state index in [1.54, 1.807) is 36.3 Å². The van der Waals surface area contributed by atoms with Crippen molar-refractivity contribution in [2.24, 2.45) is 0 Å². The number of anilines is 2. The number of halogens is 1. The number of carbonyl (C=O) groups excluding carboxylic acids is 2. The molecule has 2 fully saturated rings. The molecule has 0 bridgehead atoms. The van der Waals surface area contributed by atoms with Crippen molar-refractivity contribution >= 4 is 34.3 Å². The summed E-state index contributed by atoms with van der Waals surface area (Å²) < 4.78 is 30.7. The molecule has 37 heavy (non-hydrogen) atoms. The molecular weight excluding hydrogens is 481 g/mol. The van der Waals surface area contributed by atoms with Crippen LogP contribution in [0.3, 0.4) is 0 Å². The lowest BCUT2D eigenvalue weighted by Gasteiger charge is -2.41. The Labute approximate surface area is 212 Å². The summed E-state index contributed by atoms with van der Waals surface area (Å²) in [5.74, 6) is 0.639.